The summed E-state index contributed by atoms with van der Waals surface area (Å²) in [6, 6.07) is 15.7. The molecule has 3 aromatic rings. The number of carboxylic acids is 1. The Bertz CT molecular complexity index is 1240. The highest BCUT2D eigenvalue weighted by Gasteiger charge is 2.34. The number of anilines is 1. The Morgan fingerprint density at radius 1 is 1.03 bits per heavy atom. The number of benzene rings is 2. The van der Waals surface area contributed by atoms with Gasteiger partial charge in [0, 0.05) is 25.1 Å². The lowest BCUT2D eigenvalue weighted by atomic mass is 10.0. The molecule has 1 atom stereocenters. The Labute approximate surface area is 207 Å². The molecule has 4 N–H and O–H groups in total. The van der Waals surface area contributed by atoms with Crippen molar-refractivity contribution in [1.29, 1.82) is 0 Å². The Morgan fingerprint density at radius 2 is 1.69 bits per heavy atom. The van der Waals surface area contributed by atoms with Crippen LogP contribution in [-0.2, 0) is 11.2 Å². The molecule has 0 aliphatic carbocycles. The lowest BCUT2D eigenvalue weighted by Crippen LogP contribution is -2.45. The molecule has 10 heteroatoms. The van der Waals surface area contributed by atoms with Crippen molar-refractivity contribution in [2.24, 2.45) is 5.73 Å². The van der Waals surface area contributed by atoms with Crippen LogP contribution < -0.4 is 11.1 Å². The second-order valence-corrected chi connectivity index (χ2v) is 8.80. The summed E-state index contributed by atoms with van der Waals surface area (Å²) in [7, 11) is 0. The van der Waals surface area contributed by atoms with Gasteiger partial charge in [-0.3, -0.25) is 14.5 Å². The van der Waals surface area contributed by atoms with E-state index in [1.165, 1.54) is 4.68 Å². The maximum atomic E-state index is 13.2. The van der Waals surface area contributed by atoms with E-state index in [4.69, 9.17) is 17.3 Å². The van der Waals surface area contributed by atoms with Gasteiger partial charge in [-0.25, -0.2) is 9.48 Å². The van der Waals surface area contributed by atoms with Crippen LogP contribution in [-0.4, -0.2) is 50.7 Å². The highest BCUT2D eigenvalue weighted by Crippen LogP contribution is 2.30. The molecule has 9 nitrogen and oxygen atoms in total. The van der Waals surface area contributed by atoms with Crippen molar-refractivity contribution < 1.29 is 19.5 Å². The van der Waals surface area contributed by atoms with E-state index in [9.17, 15) is 19.5 Å². The van der Waals surface area contributed by atoms with Crippen LogP contribution in [0, 0.1) is 0 Å². The fourth-order valence-electron chi connectivity index (χ4n) is 4.36. The summed E-state index contributed by atoms with van der Waals surface area (Å²) in [6.45, 7) is 1.20. The van der Waals surface area contributed by atoms with Gasteiger partial charge in [0.05, 0.1) is 10.6 Å². The molecule has 35 heavy (non-hydrogen) atoms. The topological polar surface area (TPSA) is 131 Å². The number of hydrogen-bond acceptors (Lipinski definition) is 5. The molecule has 0 radical (unpaired) electrons. The van der Waals surface area contributed by atoms with Crippen molar-refractivity contribution in [2.75, 3.05) is 18.4 Å². The predicted molar refractivity (Wildman–Crippen MR) is 131 cm³/mol. The Kier molecular flexibility index (Phi) is 7.48. The van der Waals surface area contributed by atoms with Gasteiger partial charge in [-0.15, -0.1) is 0 Å². The van der Waals surface area contributed by atoms with Crippen LogP contribution in [0.25, 0.3) is 0 Å². The maximum Gasteiger partial charge on any atom is 0.356 e. The number of piperidine rings is 1. The molecule has 0 bridgehead atoms. The van der Waals surface area contributed by atoms with Gasteiger partial charge < -0.3 is 16.2 Å². The third-order valence-electron chi connectivity index (χ3n) is 6.01. The second kappa shape index (κ2) is 10.7. The summed E-state index contributed by atoms with van der Waals surface area (Å²) in [6.07, 6.45) is 1.88. The van der Waals surface area contributed by atoms with E-state index in [1.807, 2.05) is 35.2 Å². The van der Waals surface area contributed by atoms with Crippen LogP contribution in [0.4, 0.5) is 5.82 Å². The van der Waals surface area contributed by atoms with Gasteiger partial charge in [0.2, 0.25) is 0 Å². The van der Waals surface area contributed by atoms with Crippen LogP contribution in [0.2, 0.25) is 5.02 Å². The number of nitrogens with one attached hydrogen (secondary N) is 1. The molecule has 2 aromatic carbocycles. The number of carbonyl (C=O) groups excluding carboxylic acids is 2. The van der Waals surface area contributed by atoms with Crippen molar-refractivity contribution >= 4 is 35.2 Å². The van der Waals surface area contributed by atoms with Crippen molar-refractivity contribution in [3.05, 3.63) is 82.0 Å². The molecule has 1 unspecified atom stereocenters. The van der Waals surface area contributed by atoms with Gasteiger partial charge in [0.15, 0.2) is 11.9 Å². The molecule has 0 spiro atoms. The van der Waals surface area contributed by atoms with Gasteiger partial charge in [-0.1, -0.05) is 60.5 Å². The van der Waals surface area contributed by atoms with Crippen LogP contribution in [0.1, 0.15) is 57.4 Å². The van der Waals surface area contributed by atoms with E-state index in [-0.39, 0.29) is 34.1 Å². The van der Waals surface area contributed by atoms with E-state index in [0.717, 1.165) is 24.8 Å². The largest absolute Gasteiger partial charge is 0.476 e. The Hall–Kier alpha value is -3.69. The number of carbonyl (C=O) groups is 3. The highest BCUT2D eigenvalue weighted by atomic mass is 35.5. The first-order valence-electron chi connectivity index (χ1n) is 11.3. The number of halogens is 1. The molecule has 4 rings (SSSR count). The molecule has 1 aliphatic heterocycles. The van der Waals surface area contributed by atoms with Crippen molar-refractivity contribution in [3.63, 3.8) is 0 Å². The first kappa shape index (κ1) is 24.4. The van der Waals surface area contributed by atoms with Gasteiger partial charge >= 0.3 is 5.97 Å². The zero-order valence-electron chi connectivity index (χ0n) is 19.0. The summed E-state index contributed by atoms with van der Waals surface area (Å²) >= 11 is 6.23. The number of amides is 2. The van der Waals surface area contributed by atoms with Crippen LogP contribution in [0.5, 0.6) is 0 Å². The average molecular weight is 496 g/mol. The number of likely N-dealkylation sites (tertiary alicyclic amines) is 1. The molecule has 2 heterocycles. The number of nitrogens with two attached hydrogens (primary N) is 1. The standard InChI is InChI=1S/C25H26ClN5O4/c26-19-12-6-5-11-17(19)23(33)28-22-18(15-16-9-3-1-4-10-16)20(25(34)35)29-31(22)24(21(27)32)30-13-7-2-8-14-30/h1,3-6,9-12,24H,2,7-8,13-15H2,(H2,27,32)(H,28,33)(H,34,35). The summed E-state index contributed by atoms with van der Waals surface area (Å²) in [5.41, 5.74) is 6.84. The van der Waals surface area contributed by atoms with E-state index in [1.54, 1.807) is 24.3 Å². The van der Waals surface area contributed by atoms with Gasteiger partial charge in [0.25, 0.3) is 11.8 Å². The molecule has 1 fully saturated rings. The summed E-state index contributed by atoms with van der Waals surface area (Å²) in [5.74, 6) is -2.41. The first-order valence-corrected chi connectivity index (χ1v) is 11.7. The SMILES string of the molecule is NC(=O)C(N1CCCCC1)n1nc(C(=O)O)c(Cc2ccccc2)c1NC(=O)c1ccccc1Cl. The van der Waals surface area contributed by atoms with E-state index in [0.29, 0.717) is 13.1 Å². The lowest BCUT2D eigenvalue weighted by Gasteiger charge is -2.33. The highest BCUT2D eigenvalue weighted by molar-refractivity contribution is 6.34. The van der Waals surface area contributed by atoms with Crippen molar-refractivity contribution in [3.8, 4) is 0 Å². The predicted octanol–water partition coefficient (Wildman–Crippen LogP) is 3.55. The molecule has 1 aromatic heterocycles. The molecule has 2 amide bonds. The van der Waals surface area contributed by atoms with Crippen LogP contribution >= 0.6 is 11.6 Å². The minimum atomic E-state index is -1.27. The molecule has 1 aliphatic rings. The quantitative estimate of drug-likeness (QED) is 0.438. The van der Waals surface area contributed by atoms with Crippen molar-refractivity contribution in [2.45, 2.75) is 31.8 Å². The molecule has 0 saturated carbocycles. The van der Waals surface area contributed by atoms with Gasteiger partial charge in [0.1, 0.15) is 5.82 Å². The minimum absolute atomic E-state index is 0.102. The van der Waals surface area contributed by atoms with Crippen LogP contribution in [0.3, 0.4) is 0 Å². The molecular weight excluding hydrogens is 470 g/mol. The van der Waals surface area contributed by atoms with Gasteiger partial charge in [-0.2, -0.15) is 5.10 Å². The number of rotatable bonds is 8. The third kappa shape index (κ3) is 5.36. The summed E-state index contributed by atoms with van der Waals surface area (Å²) in [4.78, 5) is 40.0. The van der Waals surface area contributed by atoms with Crippen LogP contribution in [0.15, 0.2) is 54.6 Å². The average Bonchev–Trinajstić information content (AvgIpc) is 3.18. The second-order valence-electron chi connectivity index (χ2n) is 8.39. The zero-order valence-corrected chi connectivity index (χ0v) is 19.7. The molecule has 182 valence electrons. The number of aromatic nitrogens is 2. The summed E-state index contributed by atoms with van der Waals surface area (Å²) in [5, 5.41) is 17.3. The maximum absolute atomic E-state index is 13.2. The number of primary amides is 1. The van der Waals surface area contributed by atoms with Gasteiger partial charge in [-0.05, 0) is 30.5 Å². The Balaban J connectivity index is 1.86. The smallest absolute Gasteiger partial charge is 0.356 e. The summed E-state index contributed by atoms with van der Waals surface area (Å²) < 4.78 is 1.24. The number of hydrogen-bond donors (Lipinski definition) is 3. The normalized spacial score (nSPS) is 14.9. The van der Waals surface area contributed by atoms with Crippen molar-refractivity contribution in [1.82, 2.24) is 14.7 Å². The minimum Gasteiger partial charge on any atom is -0.476 e. The third-order valence-corrected chi connectivity index (χ3v) is 6.34. The fraction of sp³-hybridized carbons (Fsp3) is 0.280. The monoisotopic (exact) mass is 495 g/mol. The first-order chi connectivity index (χ1) is 16.9. The zero-order chi connectivity index (χ0) is 24.9. The number of nitrogens with zero attached hydrogens (tertiary/aromatic N) is 3. The van der Waals surface area contributed by atoms with E-state index >= 15 is 0 Å². The molecular formula is C25H26ClN5O4. The van der Waals surface area contributed by atoms with E-state index in [2.05, 4.69) is 10.4 Å². The number of aromatic carboxylic acids is 1. The molecule has 1 saturated heterocycles. The van der Waals surface area contributed by atoms with E-state index < -0.39 is 23.9 Å². The lowest BCUT2D eigenvalue weighted by molar-refractivity contribution is -0.127. The Morgan fingerprint density at radius 3 is 2.31 bits per heavy atom. The number of carboxylic acid groups (broad SMARTS) is 1. The fourth-order valence-corrected chi connectivity index (χ4v) is 4.58.